The molecule has 1 heterocycles. The molecule has 0 atom stereocenters. The third-order valence-electron chi connectivity index (χ3n) is 2.99. The van der Waals surface area contributed by atoms with Gasteiger partial charge < -0.3 is 10.0 Å². The van der Waals surface area contributed by atoms with Crippen molar-refractivity contribution in [1.82, 2.24) is 10.2 Å². The van der Waals surface area contributed by atoms with Crippen molar-refractivity contribution in [2.75, 3.05) is 18.8 Å². The zero-order valence-corrected chi connectivity index (χ0v) is 12.2. The van der Waals surface area contributed by atoms with Gasteiger partial charge in [0, 0.05) is 17.9 Å². The molecule has 0 bridgehead atoms. The highest BCUT2D eigenvalue weighted by Gasteiger charge is 2.22. The minimum absolute atomic E-state index is 0.0453. The minimum atomic E-state index is -0.457. The second-order valence-electron chi connectivity index (χ2n) is 4.67. The summed E-state index contributed by atoms with van der Waals surface area (Å²) < 4.78 is 0. The van der Waals surface area contributed by atoms with Crippen LogP contribution in [0.1, 0.15) is 12.8 Å². The molecule has 0 unspecified atom stereocenters. The number of nitrogens with one attached hydrogen (secondary N) is 1. The van der Waals surface area contributed by atoms with E-state index in [1.165, 1.54) is 28.8 Å². The lowest BCUT2D eigenvalue weighted by atomic mass is 10.3. The van der Waals surface area contributed by atoms with E-state index in [2.05, 4.69) is 5.32 Å². The van der Waals surface area contributed by atoms with E-state index >= 15 is 0 Å². The summed E-state index contributed by atoms with van der Waals surface area (Å²) >= 11 is 1.27. The molecule has 1 saturated heterocycles. The summed E-state index contributed by atoms with van der Waals surface area (Å²) in [6.45, 7) is 0.511. The standard InChI is InChI=1S/C14H16N2O4S/c17-10-3-5-11(6-4-10)21-9-13(19)15-12(18)8-16-7-1-2-14(16)20/h3-6,17H,1-2,7-9H2,(H,15,18,19). The monoisotopic (exact) mass is 308 g/mol. The molecule has 3 amide bonds. The van der Waals surface area contributed by atoms with E-state index in [9.17, 15) is 14.4 Å². The van der Waals surface area contributed by atoms with Gasteiger partial charge in [0.05, 0.1) is 12.3 Å². The maximum Gasteiger partial charge on any atom is 0.246 e. The highest BCUT2D eigenvalue weighted by Crippen LogP contribution is 2.20. The van der Waals surface area contributed by atoms with Gasteiger partial charge in [-0.05, 0) is 30.7 Å². The highest BCUT2D eigenvalue weighted by atomic mass is 32.2. The van der Waals surface area contributed by atoms with Gasteiger partial charge in [0.2, 0.25) is 17.7 Å². The number of nitrogens with zero attached hydrogens (tertiary/aromatic N) is 1. The summed E-state index contributed by atoms with van der Waals surface area (Å²) in [7, 11) is 0. The molecule has 1 fully saturated rings. The van der Waals surface area contributed by atoms with Crippen molar-refractivity contribution in [1.29, 1.82) is 0 Å². The minimum Gasteiger partial charge on any atom is -0.508 e. The van der Waals surface area contributed by atoms with Crippen LogP contribution in [0, 0.1) is 0 Å². The average Bonchev–Trinajstić information content (AvgIpc) is 2.83. The molecule has 2 rings (SSSR count). The molecule has 0 saturated carbocycles. The molecule has 2 N–H and O–H groups in total. The van der Waals surface area contributed by atoms with Crippen LogP contribution in [0.15, 0.2) is 29.2 Å². The number of amides is 3. The first-order valence-corrected chi connectivity index (χ1v) is 7.55. The Morgan fingerprint density at radius 3 is 2.57 bits per heavy atom. The molecule has 7 heteroatoms. The van der Waals surface area contributed by atoms with Gasteiger partial charge in [-0.15, -0.1) is 11.8 Å². The van der Waals surface area contributed by atoms with Gasteiger partial charge in [0.15, 0.2) is 0 Å². The number of carbonyl (C=O) groups is 3. The number of hydrogen-bond donors (Lipinski definition) is 2. The fourth-order valence-corrected chi connectivity index (χ4v) is 2.67. The number of benzene rings is 1. The van der Waals surface area contributed by atoms with Crippen LogP contribution in [0.4, 0.5) is 0 Å². The second kappa shape index (κ2) is 7.12. The number of thioether (sulfide) groups is 1. The molecule has 1 aliphatic rings. The van der Waals surface area contributed by atoms with Gasteiger partial charge >= 0.3 is 0 Å². The number of rotatable bonds is 5. The van der Waals surface area contributed by atoms with E-state index in [0.717, 1.165) is 11.3 Å². The van der Waals surface area contributed by atoms with E-state index in [4.69, 9.17) is 5.11 Å². The Labute approximate surface area is 126 Å². The Kier molecular flexibility index (Phi) is 5.21. The number of likely N-dealkylation sites (tertiary alicyclic amines) is 1. The van der Waals surface area contributed by atoms with Crippen molar-refractivity contribution in [2.45, 2.75) is 17.7 Å². The Bertz CT molecular complexity index is 544. The lowest BCUT2D eigenvalue weighted by Crippen LogP contribution is -2.41. The quantitative estimate of drug-likeness (QED) is 0.784. The van der Waals surface area contributed by atoms with Gasteiger partial charge in [0.1, 0.15) is 5.75 Å². The topological polar surface area (TPSA) is 86.7 Å². The van der Waals surface area contributed by atoms with Crippen LogP contribution in [0.5, 0.6) is 5.75 Å². The number of hydrogen-bond acceptors (Lipinski definition) is 5. The van der Waals surface area contributed by atoms with Crippen molar-refractivity contribution >= 4 is 29.5 Å². The zero-order valence-electron chi connectivity index (χ0n) is 11.4. The van der Waals surface area contributed by atoms with E-state index < -0.39 is 11.8 Å². The average molecular weight is 308 g/mol. The van der Waals surface area contributed by atoms with Crippen molar-refractivity contribution in [3.05, 3.63) is 24.3 Å². The number of imide groups is 1. The summed E-state index contributed by atoms with van der Waals surface area (Å²) in [5, 5.41) is 11.4. The first kappa shape index (κ1) is 15.4. The van der Waals surface area contributed by atoms with Crippen LogP contribution in [-0.4, -0.2) is 46.6 Å². The molecule has 6 nitrogen and oxygen atoms in total. The zero-order chi connectivity index (χ0) is 15.2. The van der Waals surface area contributed by atoms with Gasteiger partial charge in [-0.25, -0.2) is 0 Å². The molecular weight excluding hydrogens is 292 g/mol. The van der Waals surface area contributed by atoms with Gasteiger partial charge in [0.25, 0.3) is 0 Å². The van der Waals surface area contributed by atoms with E-state index in [0.29, 0.717) is 13.0 Å². The molecule has 1 aromatic carbocycles. The van der Waals surface area contributed by atoms with Crippen molar-refractivity contribution in [2.24, 2.45) is 0 Å². The molecular formula is C14H16N2O4S. The molecule has 0 aromatic heterocycles. The van der Waals surface area contributed by atoms with Crippen LogP contribution in [0.3, 0.4) is 0 Å². The van der Waals surface area contributed by atoms with E-state index in [1.807, 2.05) is 0 Å². The predicted molar refractivity (Wildman–Crippen MR) is 77.8 cm³/mol. The Hall–Kier alpha value is -2.02. The SMILES string of the molecule is O=C(CSc1ccc(O)cc1)NC(=O)CN1CCCC1=O. The number of phenolic OH excluding ortho intramolecular Hbond substituents is 1. The maximum atomic E-state index is 11.6. The Morgan fingerprint density at radius 1 is 1.24 bits per heavy atom. The lowest BCUT2D eigenvalue weighted by molar-refractivity contribution is -0.135. The highest BCUT2D eigenvalue weighted by molar-refractivity contribution is 8.00. The normalized spacial score (nSPS) is 14.3. The van der Waals surface area contributed by atoms with Crippen LogP contribution < -0.4 is 5.32 Å². The lowest BCUT2D eigenvalue weighted by Gasteiger charge is -2.14. The van der Waals surface area contributed by atoms with Gasteiger partial charge in [-0.1, -0.05) is 0 Å². The fourth-order valence-electron chi connectivity index (χ4n) is 1.97. The van der Waals surface area contributed by atoms with Crippen molar-refractivity contribution in [3.63, 3.8) is 0 Å². The number of carbonyl (C=O) groups excluding carboxylic acids is 3. The molecule has 0 spiro atoms. The smallest absolute Gasteiger partial charge is 0.246 e. The molecule has 0 radical (unpaired) electrons. The van der Waals surface area contributed by atoms with Crippen LogP contribution in [0.25, 0.3) is 0 Å². The Balaban J connectivity index is 1.72. The summed E-state index contributed by atoms with van der Waals surface area (Å²) in [5.74, 6) is -0.638. The summed E-state index contributed by atoms with van der Waals surface area (Å²) in [5.41, 5.74) is 0. The van der Waals surface area contributed by atoms with Crippen molar-refractivity contribution < 1.29 is 19.5 Å². The van der Waals surface area contributed by atoms with Crippen molar-refractivity contribution in [3.8, 4) is 5.75 Å². The largest absolute Gasteiger partial charge is 0.508 e. The Morgan fingerprint density at radius 2 is 1.95 bits per heavy atom. The van der Waals surface area contributed by atoms with E-state index in [1.54, 1.807) is 12.1 Å². The molecule has 1 aromatic rings. The number of aromatic hydroxyl groups is 1. The molecule has 112 valence electrons. The first-order valence-electron chi connectivity index (χ1n) is 6.57. The number of phenols is 1. The van der Waals surface area contributed by atoms with Crippen LogP contribution >= 0.6 is 11.8 Å². The third-order valence-corrected chi connectivity index (χ3v) is 4.00. The molecule has 1 aliphatic heterocycles. The molecule has 21 heavy (non-hydrogen) atoms. The summed E-state index contributed by atoms with van der Waals surface area (Å²) in [6.07, 6.45) is 1.23. The van der Waals surface area contributed by atoms with Gasteiger partial charge in [-0.2, -0.15) is 0 Å². The fraction of sp³-hybridized carbons (Fsp3) is 0.357. The van der Waals surface area contributed by atoms with Crippen LogP contribution in [-0.2, 0) is 14.4 Å². The first-order chi connectivity index (χ1) is 10.0. The van der Waals surface area contributed by atoms with Crippen LogP contribution in [0.2, 0.25) is 0 Å². The van der Waals surface area contributed by atoms with E-state index in [-0.39, 0.29) is 24.0 Å². The maximum absolute atomic E-state index is 11.6. The van der Waals surface area contributed by atoms with Gasteiger partial charge in [-0.3, -0.25) is 19.7 Å². The summed E-state index contributed by atoms with van der Waals surface area (Å²) in [6, 6.07) is 6.45. The second-order valence-corrected chi connectivity index (χ2v) is 5.72. The predicted octanol–water partition coefficient (Wildman–Crippen LogP) is 0.749. The third kappa shape index (κ3) is 4.78. The molecule has 0 aliphatic carbocycles. The summed E-state index contributed by atoms with van der Waals surface area (Å²) in [4.78, 5) is 36.9.